The number of hydrogen-bond acceptors (Lipinski definition) is 3. The van der Waals surface area contributed by atoms with Gasteiger partial charge >= 0.3 is 6.18 Å². The normalized spacial score (nSPS) is 22.5. The lowest BCUT2D eigenvalue weighted by atomic mass is 9.93. The average Bonchev–Trinajstić information content (AvgIpc) is 3.63. The van der Waals surface area contributed by atoms with Crippen LogP contribution in [0.15, 0.2) is 36.4 Å². The third-order valence-corrected chi connectivity index (χ3v) is 9.53. The van der Waals surface area contributed by atoms with Crippen LogP contribution in [0.4, 0.5) is 13.2 Å². The van der Waals surface area contributed by atoms with E-state index in [0.29, 0.717) is 16.6 Å². The van der Waals surface area contributed by atoms with Crippen LogP contribution in [0.2, 0.25) is 15.1 Å². The molecule has 2 saturated heterocycles. The van der Waals surface area contributed by atoms with E-state index in [1.807, 2.05) is 6.07 Å². The second-order valence-electron chi connectivity index (χ2n) is 11.2. The summed E-state index contributed by atoms with van der Waals surface area (Å²) >= 11 is 18.2. The number of hydrogen-bond donors (Lipinski definition) is 0. The van der Waals surface area contributed by atoms with E-state index in [-0.39, 0.29) is 29.9 Å². The molecule has 0 bridgehead atoms. The molecule has 2 atom stereocenters. The Balaban J connectivity index is 1.36. The van der Waals surface area contributed by atoms with Crippen molar-refractivity contribution >= 4 is 46.6 Å². The molecular formula is C29H31Cl3F3N3O2. The van der Waals surface area contributed by atoms with Gasteiger partial charge in [-0.05, 0) is 80.6 Å². The third kappa shape index (κ3) is 6.40. The maximum absolute atomic E-state index is 13.7. The highest BCUT2D eigenvalue weighted by Gasteiger charge is 2.43. The van der Waals surface area contributed by atoms with Gasteiger partial charge in [-0.25, -0.2) is 0 Å². The van der Waals surface area contributed by atoms with Gasteiger partial charge in [-0.2, -0.15) is 13.2 Å². The van der Waals surface area contributed by atoms with Crippen LogP contribution in [0.25, 0.3) is 0 Å². The van der Waals surface area contributed by atoms with Gasteiger partial charge in [-0.15, -0.1) is 0 Å². The van der Waals surface area contributed by atoms with Crippen molar-refractivity contribution in [2.45, 2.75) is 43.8 Å². The molecule has 2 amide bonds. The summed E-state index contributed by atoms with van der Waals surface area (Å²) < 4.78 is 40.4. The number of benzene rings is 2. The van der Waals surface area contributed by atoms with Crippen LogP contribution in [-0.4, -0.2) is 72.3 Å². The first kappa shape index (κ1) is 29.5. The summed E-state index contributed by atoms with van der Waals surface area (Å²) in [6, 6.07) is 7.90. The lowest BCUT2D eigenvalue weighted by molar-refractivity contribution is -0.137. The molecule has 2 unspecified atom stereocenters. The van der Waals surface area contributed by atoms with Crippen LogP contribution in [0.1, 0.15) is 53.1 Å². The zero-order valence-corrected chi connectivity index (χ0v) is 24.3. The number of piperidine rings is 1. The van der Waals surface area contributed by atoms with Crippen LogP contribution in [-0.2, 0) is 11.0 Å². The summed E-state index contributed by atoms with van der Waals surface area (Å²) in [6.07, 6.45) is -0.513. The molecular weight excluding hydrogens is 586 g/mol. The average molecular weight is 617 g/mol. The smallest absolute Gasteiger partial charge is 0.340 e. The van der Waals surface area contributed by atoms with Gasteiger partial charge in [0.25, 0.3) is 5.91 Å². The molecule has 0 N–H and O–H groups in total. The van der Waals surface area contributed by atoms with Gasteiger partial charge in [0.2, 0.25) is 5.91 Å². The fraction of sp³-hybridized carbons (Fsp3) is 0.517. The van der Waals surface area contributed by atoms with Gasteiger partial charge in [-0.1, -0.05) is 40.9 Å². The van der Waals surface area contributed by atoms with E-state index in [2.05, 4.69) is 4.90 Å². The number of halogens is 6. The fourth-order valence-electron chi connectivity index (χ4n) is 5.95. The summed E-state index contributed by atoms with van der Waals surface area (Å²) in [5, 5.41) is 0.268. The molecule has 5 rings (SSSR count). The zero-order chi connectivity index (χ0) is 28.8. The summed E-state index contributed by atoms with van der Waals surface area (Å²) in [7, 11) is 1.56. The molecule has 216 valence electrons. The summed E-state index contributed by atoms with van der Waals surface area (Å²) in [5.74, 6) is -0.1000. The van der Waals surface area contributed by atoms with Crippen molar-refractivity contribution in [3.63, 3.8) is 0 Å². The highest BCUT2D eigenvalue weighted by atomic mass is 35.5. The molecule has 1 aliphatic carbocycles. The quantitative estimate of drug-likeness (QED) is 0.357. The highest BCUT2D eigenvalue weighted by Crippen LogP contribution is 2.38. The van der Waals surface area contributed by atoms with Crippen molar-refractivity contribution in [1.29, 1.82) is 0 Å². The van der Waals surface area contributed by atoms with Crippen molar-refractivity contribution in [3.8, 4) is 0 Å². The maximum Gasteiger partial charge on any atom is 0.417 e. The Labute approximate surface area is 247 Å². The van der Waals surface area contributed by atoms with Gasteiger partial charge in [0.15, 0.2) is 0 Å². The molecule has 3 aliphatic rings. The minimum absolute atomic E-state index is 0.0605. The summed E-state index contributed by atoms with van der Waals surface area (Å²) in [5.41, 5.74) is -0.383. The van der Waals surface area contributed by atoms with Gasteiger partial charge in [-0.3, -0.25) is 9.59 Å². The van der Waals surface area contributed by atoms with E-state index in [1.54, 1.807) is 24.1 Å². The van der Waals surface area contributed by atoms with E-state index in [0.717, 1.165) is 56.1 Å². The molecule has 3 fully saturated rings. The Morgan fingerprint density at radius 2 is 1.60 bits per heavy atom. The van der Waals surface area contributed by atoms with E-state index in [9.17, 15) is 22.8 Å². The highest BCUT2D eigenvalue weighted by molar-refractivity contribution is 6.42. The number of likely N-dealkylation sites (tertiary alicyclic amines) is 2. The van der Waals surface area contributed by atoms with E-state index in [4.69, 9.17) is 34.8 Å². The Bertz CT molecular complexity index is 1280. The standard InChI is InChI=1S/C29H31Cl3F3N3O2/c1-36(27(39)20-5-6-23(30)22(12-20)29(33,34)35)26-16-38(15-21(26)19-4-7-24(31)25(32)13-19)28(40)18-8-10-37(11-9-18)14-17-2-3-17/h4-7,12-13,17-18,21,26H,2-3,8-11,14-16H2,1H3. The van der Waals surface area contributed by atoms with Gasteiger partial charge in [0.1, 0.15) is 0 Å². The number of carbonyl (C=O) groups is 2. The van der Waals surface area contributed by atoms with E-state index >= 15 is 0 Å². The number of likely N-dealkylation sites (N-methyl/N-ethyl adjacent to an activating group) is 1. The minimum Gasteiger partial charge on any atom is -0.340 e. The van der Waals surface area contributed by atoms with Gasteiger partial charge in [0.05, 0.1) is 26.7 Å². The third-order valence-electron chi connectivity index (χ3n) is 8.46. The number of nitrogens with zero attached hydrogens (tertiary/aromatic N) is 3. The Hall–Kier alpha value is -2.00. The first-order chi connectivity index (χ1) is 18.9. The Morgan fingerprint density at radius 1 is 0.925 bits per heavy atom. The topological polar surface area (TPSA) is 43.9 Å². The van der Waals surface area contributed by atoms with Crippen molar-refractivity contribution < 1.29 is 22.8 Å². The zero-order valence-electron chi connectivity index (χ0n) is 22.1. The molecule has 2 aliphatic heterocycles. The summed E-state index contributed by atoms with van der Waals surface area (Å²) in [6.45, 7) is 3.55. The Kier molecular flexibility index (Phi) is 8.63. The van der Waals surface area contributed by atoms with Crippen LogP contribution in [0, 0.1) is 11.8 Å². The molecule has 2 heterocycles. The number of amides is 2. The van der Waals surface area contributed by atoms with Crippen molar-refractivity contribution in [3.05, 3.63) is 68.2 Å². The molecule has 0 aromatic heterocycles. The molecule has 2 aromatic rings. The van der Waals surface area contributed by atoms with E-state index in [1.165, 1.54) is 23.8 Å². The SMILES string of the molecule is CN(C(=O)c1ccc(Cl)c(C(F)(F)F)c1)C1CN(C(=O)C2CCN(CC3CC3)CC2)CC1c1ccc(Cl)c(Cl)c1. The van der Waals surface area contributed by atoms with E-state index < -0.39 is 28.7 Å². The van der Waals surface area contributed by atoms with Crippen LogP contribution in [0.3, 0.4) is 0 Å². The van der Waals surface area contributed by atoms with Crippen LogP contribution < -0.4 is 0 Å². The molecule has 0 radical (unpaired) electrons. The second kappa shape index (κ2) is 11.7. The number of alkyl halides is 3. The lowest BCUT2D eigenvalue weighted by Gasteiger charge is -2.33. The largest absolute Gasteiger partial charge is 0.417 e. The molecule has 1 saturated carbocycles. The fourth-order valence-corrected chi connectivity index (χ4v) is 6.48. The van der Waals surface area contributed by atoms with Crippen molar-refractivity contribution in [2.24, 2.45) is 11.8 Å². The molecule has 40 heavy (non-hydrogen) atoms. The number of carbonyl (C=O) groups excluding carboxylic acids is 2. The van der Waals surface area contributed by atoms with Gasteiger partial charge in [0, 0.05) is 44.1 Å². The van der Waals surface area contributed by atoms with Crippen LogP contribution in [0.5, 0.6) is 0 Å². The molecule has 11 heteroatoms. The lowest BCUT2D eigenvalue weighted by Crippen LogP contribution is -2.44. The van der Waals surface area contributed by atoms with Gasteiger partial charge < -0.3 is 14.7 Å². The monoisotopic (exact) mass is 615 g/mol. The van der Waals surface area contributed by atoms with Crippen molar-refractivity contribution in [1.82, 2.24) is 14.7 Å². The first-order valence-corrected chi connectivity index (χ1v) is 14.7. The molecule has 5 nitrogen and oxygen atoms in total. The second-order valence-corrected chi connectivity index (χ2v) is 12.4. The Morgan fingerprint density at radius 3 is 2.23 bits per heavy atom. The molecule has 0 spiro atoms. The first-order valence-electron chi connectivity index (χ1n) is 13.5. The van der Waals surface area contributed by atoms with Crippen molar-refractivity contribution in [2.75, 3.05) is 39.8 Å². The predicted octanol–water partition coefficient (Wildman–Crippen LogP) is 6.85. The predicted molar refractivity (Wildman–Crippen MR) is 150 cm³/mol. The molecule has 2 aromatic carbocycles. The minimum atomic E-state index is -4.70. The maximum atomic E-state index is 13.7. The summed E-state index contributed by atoms with van der Waals surface area (Å²) in [4.78, 5) is 32.8. The van der Waals surface area contributed by atoms with Crippen LogP contribution >= 0.6 is 34.8 Å². The number of rotatable bonds is 6.